The van der Waals surface area contributed by atoms with Crippen LogP contribution >= 0.6 is 33.9 Å². The first-order valence-corrected chi connectivity index (χ1v) is 11.1. The second-order valence-electron chi connectivity index (χ2n) is 5.31. The van der Waals surface area contributed by atoms with Crippen LogP contribution in [0.5, 0.6) is 0 Å². The van der Waals surface area contributed by atoms with Crippen LogP contribution < -0.4 is 10.0 Å². The highest BCUT2D eigenvalue weighted by Crippen LogP contribution is 2.19. The van der Waals surface area contributed by atoms with Crippen LogP contribution in [0.25, 0.3) is 6.08 Å². The maximum atomic E-state index is 12.3. The second-order valence-corrected chi connectivity index (χ2v) is 9.05. The molecule has 0 saturated carbocycles. The number of carbonyl (C=O) groups is 1. The summed E-state index contributed by atoms with van der Waals surface area (Å²) in [5.74, 6) is -0.300. The molecule has 0 aliphatic rings. The maximum absolute atomic E-state index is 12.3. The Labute approximate surface area is 174 Å². The van der Waals surface area contributed by atoms with Crippen molar-refractivity contribution in [3.63, 3.8) is 0 Å². The van der Waals surface area contributed by atoms with Crippen molar-refractivity contribution in [1.29, 1.82) is 0 Å². The predicted molar refractivity (Wildman–Crippen MR) is 116 cm³/mol. The number of carbonyl (C=O) groups excluding carboxylic acids is 1. The molecule has 27 heavy (non-hydrogen) atoms. The van der Waals surface area contributed by atoms with Gasteiger partial charge >= 0.3 is 0 Å². The van der Waals surface area contributed by atoms with E-state index in [1.165, 1.54) is 47.9 Å². The number of benzene rings is 2. The van der Waals surface area contributed by atoms with E-state index in [1.54, 1.807) is 11.5 Å². The minimum absolute atomic E-state index is 0.0880. The van der Waals surface area contributed by atoms with Gasteiger partial charge in [-0.25, -0.2) is 13.4 Å². The molecule has 0 aliphatic heterocycles. The van der Waals surface area contributed by atoms with E-state index in [9.17, 15) is 13.2 Å². The van der Waals surface area contributed by atoms with Gasteiger partial charge in [0.05, 0.1) is 4.90 Å². The Morgan fingerprint density at radius 2 is 1.85 bits per heavy atom. The van der Waals surface area contributed by atoms with Gasteiger partial charge < -0.3 is 5.32 Å². The number of nitrogens with one attached hydrogen (secondary N) is 2. The topological polar surface area (TPSA) is 88.2 Å². The molecule has 1 aromatic heterocycles. The Morgan fingerprint density at radius 3 is 2.52 bits per heavy atom. The Morgan fingerprint density at radius 1 is 1.11 bits per heavy atom. The van der Waals surface area contributed by atoms with Gasteiger partial charge in [-0.1, -0.05) is 18.2 Å². The van der Waals surface area contributed by atoms with Crippen LogP contribution in [0.3, 0.4) is 0 Å². The van der Waals surface area contributed by atoms with Crippen LogP contribution in [-0.2, 0) is 14.8 Å². The summed E-state index contributed by atoms with van der Waals surface area (Å²) in [5.41, 5.74) is 1.45. The van der Waals surface area contributed by atoms with E-state index < -0.39 is 10.0 Å². The van der Waals surface area contributed by atoms with Gasteiger partial charge in [0.15, 0.2) is 5.13 Å². The fraction of sp³-hybridized carbons (Fsp3) is 0. The SMILES string of the molecule is O=C(C=Cc1ccccc1I)Nc1ccc(S(=O)(=O)Nc2nccs2)cc1. The fourth-order valence-electron chi connectivity index (χ4n) is 2.12. The molecule has 0 aliphatic carbocycles. The van der Waals surface area contributed by atoms with Crippen molar-refractivity contribution in [2.45, 2.75) is 4.90 Å². The molecule has 6 nitrogen and oxygen atoms in total. The summed E-state index contributed by atoms with van der Waals surface area (Å²) in [4.78, 5) is 16.0. The summed E-state index contributed by atoms with van der Waals surface area (Å²) in [7, 11) is -3.71. The zero-order chi connectivity index (χ0) is 19.3. The molecule has 0 spiro atoms. The van der Waals surface area contributed by atoms with Crippen LogP contribution in [0.15, 0.2) is 71.1 Å². The Balaban J connectivity index is 1.65. The van der Waals surface area contributed by atoms with Gasteiger partial charge in [0.2, 0.25) is 5.91 Å². The lowest BCUT2D eigenvalue weighted by atomic mass is 10.2. The van der Waals surface area contributed by atoms with Gasteiger partial charge in [-0.05, 0) is 64.6 Å². The first-order chi connectivity index (χ1) is 12.9. The van der Waals surface area contributed by atoms with Crippen molar-refractivity contribution in [2.75, 3.05) is 10.0 Å². The van der Waals surface area contributed by atoms with Crippen LogP contribution in [-0.4, -0.2) is 19.3 Å². The van der Waals surface area contributed by atoms with E-state index in [-0.39, 0.29) is 10.8 Å². The number of aromatic nitrogens is 1. The van der Waals surface area contributed by atoms with Gasteiger partial charge in [0.25, 0.3) is 10.0 Å². The average molecular weight is 511 g/mol. The molecule has 2 aromatic carbocycles. The van der Waals surface area contributed by atoms with Gasteiger partial charge in [0.1, 0.15) is 0 Å². The summed E-state index contributed by atoms with van der Waals surface area (Å²) < 4.78 is 28.0. The zero-order valence-corrected chi connectivity index (χ0v) is 17.6. The molecule has 0 bridgehead atoms. The van der Waals surface area contributed by atoms with Crippen molar-refractivity contribution in [2.24, 2.45) is 0 Å². The maximum Gasteiger partial charge on any atom is 0.263 e. The van der Waals surface area contributed by atoms with Gasteiger partial charge in [-0.3, -0.25) is 9.52 Å². The van der Waals surface area contributed by atoms with E-state index in [0.29, 0.717) is 10.8 Å². The quantitative estimate of drug-likeness (QED) is 0.384. The number of hydrogen-bond donors (Lipinski definition) is 2. The van der Waals surface area contributed by atoms with E-state index in [0.717, 1.165) is 9.13 Å². The van der Waals surface area contributed by atoms with Crippen LogP contribution in [0.1, 0.15) is 5.56 Å². The Kier molecular flexibility index (Phi) is 6.24. The minimum atomic E-state index is -3.71. The van der Waals surface area contributed by atoms with Crippen LogP contribution in [0.4, 0.5) is 10.8 Å². The molecule has 1 heterocycles. The third-order valence-corrected chi connectivity index (χ3v) is 6.56. The van der Waals surface area contributed by atoms with Crippen molar-refractivity contribution in [1.82, 2.24) is 4.98 Å². The van der Waals surface area contributed by atoms with E-state index in [1.807, 2.05) is 24.3 Å². The molecular weight excluding hydrogens is 497 g/mol. The lowest BCUT2D eigenvalue weighted by Gasteiger charge is -2.07. The summed E-state index contributed by atoms with van der Waals surface area (Å²) >= 11 is 3.39. The van der Waals surface area contributed by atoms with Crippen molar-refractivity contribution in [3.8, 4) is 0 Å². The van der Waals surface area contributed by atoms with E-state index in [4.69, 9.17) is 0 Å². The zero-order valence-electron chi connectivity index (χ0n) is 13.8. The van der Waals surface area contributed by atoms with Crippen LogP contribution in [0.2, 0.25) is 0 Å². The van der Waals surface area contributed by atoms with Crippen molar-refractivity contribution < 1.29 is 13.2 Å². The lowest BCUT2D eigenvalue weighted by Crippen LogP contribution is -2.13. The number of thiazole rings is 1. The molecule has 138 valence electrons. The van der Waals surface area contributed by atoms with Gasteiger partial charge in [0, 0.05) is 26.9 Å². The largest absolute Gasteiger partial charge is 0.323 e. The summed E-state index contributed by atoms with van der Waals surface area (Å²) in [6, 6.07) is 13.6. The number of nitrogens with zero attached hydrogens (tertiary/aromatic N) is 1. The Hall–Kier alpha value is -2.24. The van der Waals surface area contributed by atoms with E-state index in [2.05, 4.69) is 37.6 Å². The number of halogens is 1. The van der Waals surface area contributed by atoms with E-state index >= 15 is 0 Å². The van der Waals surface area contributed by atoms with Crippen molar-refractivity contribution in [3.05, 3.63) is 75.3 Å². The number of hydrogen-bond acceptors (Lipinski definition) is 5. The Bertz CT molecular complexity index is 1060. The average Bonchev–Trinajstić information content (AvgIpc) is 3.14. The second kappa shape index (κ2) is 8.63. The van der Waals surface area contributed by atoms with Crippen molar-refractivity contribution >= 4 is 66.8 Å². The molecular formula is C18H14IN3O3S2. The molecule has 9 heteroatoms. The number of rotatable bonds is 6. The predicted octanol–water partition coefficient (Wildman–Crippen LogP) is 4.20. The lowest BCUT2D eigenvalue weighted by molar-refractivity contribution is -0.111. The summed E-state index contributed by atoms with van der Waals surface area (Å²) in [6.45, 7) is 0. The van der Waals surface area contributed by atoms with Crippen LogP contribution in [0, 0.1) is 3.57 Å². The molecule has 0 radical (unpaired) electrons. The monoisotopic (exact) mass is 511 g/mol. The number of amides is 1. The normalized spacial score (nSPS) is 11.4. The minimum Gasteiger partial charge on any atom is -0.323 e. The fourth-order valence-corrected chi connectivity index (χ4v) is 4.48. The first-order valence-electron chi connectivity index (χ1n) is 7.70. The highest BCUT2D eigenvalue weighted by atomic mass is 127. The number of anilines is 2. The standard InChI is InChI=1S/C18H14IN3O3S2/c19-16-4-2-1-3-13(16)5-10-17(23)21-14-6-8-15(9-7-14)27(24,25)22-18-20-11-12-26-18/h1-12H,(H,20,22)(H,21,23). The molecule has 1 amide bonds. The molecule has 3 aromatic rings. The first kappa shape index (κ1) is 19.5. The molecule has 0 atom stereocenters. The highest BCUT2D eigenvalue weighted by molar-refractivity contribution is 14.1. The van der Waals surface area contributed by atoms with Gasteiger partial charge in [-0.2, -0.15) is 0 Å². The van der Waals surface area contributed by atoms with Gasteiger partial charge in [-0.15, -0.1) is 11.3 Å². The third-order valence-electron chi connectivity index (χ3n) is 3.41. The molecule has 0 unspecified atom stereocenters. The summed E-state index contributed by atoms with van der Waals surface area (Å²) in [6.07, 6.45) is 4.69. The summed E-state index contributed by atoms with van der Waals surface area (Å²) in [5, 5.41) is 4.68. The smallest absolute Gasteiger partial charge is 0.263 e. The molecule has 0 saturated heterocycles. The molecule has 0 fully saturated rings. The molecule has 2 N–H and O–H groups in total. The third kappa shape index (κ3) is 5.37. The molecule has 3 rings (SSSR count). The highest BCUT2D eigenvalue weighted by Gasteiger charge is 2.15. The number of sulfonamides is 1.